The van der Waals surface area contributed by atoms with Gasteiger partial charge in [0.1, 0.15) is 0 Å². The minimum Gasteiger partial charge on any atom is -0.391 e. The second-order valence-corrected chi connectivity index (χ2v) is 4.83. The van der Waals surface area contributed by atoms with E-state index in [1.165, 1.54) is 0 Å². The largest absolute Gasteiger partial charge is 0.391 e. The lowest BCUT2D eigenvalue weighted by molar-refractivity contribution is -0.121. The van der Waals surface area contributed by atoms with Gasteiger partial charge < -0.3 is 10.4 Å². The molecule has 0 aromatic carbocycles. The van der Waals surface area contributed by atoms with Gasteiger partial charge in [0, 0.05) is 35.8 Å². The Kier molecular flexibility index (Phi) is 7.70. The molecule has 0 aromatic rings. The van der Waals surface area contributed by atoms with Crippen LogP contribution in [0.1, 0.15) is 26.2 Å². The minimum atomic E-state index is -0.927. The Bertz CT molecular complexity index is 196. The maximum Gasteiger partial charge on any atom is 0.221 e. The van der Waals surface area contributed by atoms with Crippen molar-refractivity contribution < 1.29 is 14.1 Å². The molecule has 5 heteroatoms. The molecular formula is C9H19NO3S. The van der Waals surface area contributed by atoms with Crippen LogP contribution in [0.15, 0.2) is 0 Å². The van der Waals surface area contributed by atoms with Crippen LogP contribution in [0.4, 0.5) is 0 Å². The molecule has 2 unspecified atom stereocenters. The molecule has 0 bridgehead atoms. The van der Waals surface area contributed by atoms with E-state index in [1.54, 1.807) is 6.26 Å². The third-order valence-electron chi connectivity index (χ3n) is 1.77. The molecule has 0 saturated heterocycles. The molecule has 0 aliphatic carbocycles. The number of amides is 1. The van der Waals surface area contributed by atoms with Crippen molar-refractivity contribution in [3.63, 3.8) is 0 Å². The monoisotopic (exact) mass is 221 g/mol. The average Bonchev–Trinajstić information content (AvgIpc) is 2.12. The van der Waals surface area contributed by atoms with E-state index in [4.69, 9.17) is 0 Å². The fourth-order valence-corrected chi connectivity index (χ4v) is 1.46. The highest BCUT2D eigenvalue weighted by molar-refractivity contribution is 7.84. The second kappa shape index (κ2) is 7.94. The first-order valence-corrected chi connectivity index (χ1v) is 6.53. The highest BCUT2D eigenvalue weighted by atomic mass is 32.2. The first kappa shape index (κ1) is 13.6. The van der Waals surface area contributed by atoms with Crippen molar-refractivity contribution in [2.24, 2.45) is 0 Å². The molecule has 0 fully saturated rings. The minimum absolute atomic E-state index is 0.143. The van der Waals surface area contributed by atoms with Gasteiger partial charge in [-0.15, -0.1) is 0 Å². The quantitative estimate of drug-likeness (QED) is 0.637. The summed E-state index contributed by atoms with van der Waals surface area (Å²) in [5.41, 5.74) is 0. The molecule has 0 aliphatic heterocycles. The Hall–Kier alpha value is -0.420. The number of nitrogens with one attached hydrogen (secondary N) is 1. The van der Waals surface area contributed by atoms with Gasteiger partial charge in [-0.25, -0.2) is 0 Å². The van der Waals surface area contributed by atoms with Gasteiger partial charge in [0.15, 0.2) is 0 Å². The van der Waals surface area contributed by atoms with E-state index in [9.17, 15) is 14.1 Å². The Morgan fingerprint density at radius 2 is 2.21 bits per heavy atom. The van der Waals surface area contributed by atoms with Crippen LogP contribution in [0.2, 0.25) is 0 Å². The summed E-state index contributed by atoms with van der Waals surface area (Å²) in [6.07, 6.45) is 2.97. The molecular weight excluding hydrogens is 202 g/mol. The average molecular weight is 221 g/mol. The maximum atomic E-state index is 11.1. The number of rotatable bonds is 7. The molecule has 0 heterocycles. The van der Waals surface area contributed by atoms with Gasteiger partial charge in [0.25, 0.3) is 0 Å². The molecule has 0 saturated carbocycles. The number of aliphatic hydroxyl groups is 1. The second-order valence-electron chi connectivity index (χ2n) is 3.27. The first-order valence-electron chi connectivity index (χ1n) is 4.81. The van der Waals surface area contributed by atoms with Crippen molar-refractivity contribution in [1.82, 2.24) is 5.32 Å². The highest BCUT2D eigenvalue weighted by Gasteiger charge is 2.06. The predicted molar refractivity (Wildman–Crippen MR) is 57.5 cm³/mol. The summed E-state index contributed by atoms with van der Waals surface area (Å²) < 4.78 is 10.7. The number of carbonyl (C=O) groups is 1. The van der Waals surface area contributed by atoms with E-state index in [0.29, 0.717) is 18.7 Å². The SMILES string of the molecule is CCCC(O)CNC(=O)CCS(C)=O. The summed E-state index contributed by atoms with van der Waals surface area (Å²) >= 11 is 0. The normalized spacial score (nSPS) is 14.8. The van der Waals surface area contributed by atoms with E-state index in [0.717, 1.165) is 6.42 Å². The lowest BCUT2D eigenvalue weighted by Gasteiger charge is -2.10. The molecule has 0 aromatic heterocycles. The van der Waals surface area contributed by atoms with Crippen LogP contribution in [0, 0.1) is 0 Å². The molecule has 84 valence electrons. The van der Waals surface area contributed by atoms with Crippen LogP contribution < -0.4 is 5.32 Å². The molecule has 2 N–H and O–H groups in total. The zero-order valence-corrected chi connectivity index (χ0v) is 9.60. The van der Waals surface area contributed by atoms with Crippen molar-refractivity contribution in [1.29, 1.82) is 0 Å². The first-order chi connectivity index (χ1) is 6.56. The van der Waals surface area contributed by atoms with Gasteiger partial charge in [-0.2, -0.15) is 0 Å². The van der Waals surface area contributed by atoms with E-state index >= 15 is 0 Å². The summed E-state index contributed by atoms with van der Waals surface area (Å²) in [5, 5.41) is 11.9. The van der Waals surface area contributed by atoms with Crippen molar-refractivity contribution in [3.05, 3.63) is 0 Å². The Labute approximate surface area is 87.5 Å². The zero-order valence-electron chi connectivity index (χ0n) is 8.78. The lowest BCUT2D eigenvalue weighted by Crippen LogP contribution is -2.32. The van der Waals surface area contributed by atoms with E-state index in [-0.39, 0.29) is 12.3 Å². The maximum absolute atomic E-state index is 11.1. The fraction of sp³-hybridized carbons (Fsp3) is 0.889. The topological polar surface area (TPSA) is 66.4 Å². The molecule has 2 atom stereocenters. The van der Waals surface area contributed by atoms with Gasteiger partial charge >= 0.3 is 0 Å². The number of aliphatic hydroxyl groups excluding tert-OH is 1. The Balaban J connectivity index is 3.48. The number of carbonyl (C=O) groups excluding carboxylic acids is 1. The van der Waals surface area contributed by atoms with Gasteiger partial charge in [0.05, 0.1) is 6.10 Å². The van der Waals surface area contributed by atoms with Crippen LogP contribution >= 0.6 is 0 Å². The predicted octanol–water partition coefficient (Wildman–Crippen LogP) is 0.0322. The van der Waals surface area contributed by atoms with Crippen molar-refractivity contribution in [2.75, 3.05) is 18.6 Å². The van der Waals surface area contributed by atoms with Crippen LogP contribution in [0.5, 0.6) is 0 Å². The molecule has 14 heavy (non-hydrogen) atoms. The summed E-state index contributed by atoms with van der Waals surface area (Å²) in [5.74, 6) is 0.241. The van der Waals surface area contributed by atoms with E-state index in [2.05, 4.69) is 5.32 Å². The van der Waals surface area contributed by atoms with Crippen LogP contribution in [0.25, 0.3) is 0 Å². The molecule has 1 amide bonds. The molecule has 0 radical (unpaired) electrons. The van der Waals surface area contributed by atoms with Crippen molar-refractivity contribution in [2.45, 2.75) is 32.3 Å². The van der Waals surface area contributed by atoms with Crippen LogP contribution in [-0.2, 0) is 15.6 Å². The third kappa shape index (κ3) is 8.19. The standard InChI is InChI=1S/C9H19NO3S/c1-3-4-8(11)7-10-9(12)5-6-14(2)13/h8,11H,3-7H2,1-2H3,(H,10,12). The van der Waals surface area contributed by atoms with Crippen molar-refractivity contribution in [3.8, 4) is 0 Å². The number of hydrogen-bond acceptors (Lipinski definition) is 3. The van der Waals surface area contributed by atoms with Gasteiger partial charge in [-0.1, -0.05) is 13.3 Å². The van der Waals surface area contributed by atoms with Gasteiger partial charge in [-0.05, 0) is 6.42 Å². The molecule has 0 aliphatic rings. The lowest BCUT2D eigenvalue weighted by atomic mass is 10.2. The van der Waals surface area contributed by atoms with Gasteiger partial charge in [-0.3, -0.25) is 9.00 Å². The highest BCUT2D eigenvalue weighted by Crippen LogP contribution is 1.94. The van der Waals surface area contributed by atoms with Gasteiger partial charge in [0.2, 0.25) is 5.91 Å². The zero-order chi connectivity index (χ0) is 11.0. The van der Waals surface area contributed by atoms with Crippen LogP contribution in [0.3, 0.4) is 0 Å². The summed E-state index contributed by atoms with van der Waals surface area (Å²) in [7, 11) is -0.927. The Morgan fingerprint density at radius 1 is 1.57 bits per heavy atom. The van der Waals surface area contributed by atoms with E-state index < -0.39 is 16.9 Å². The van der Waals surface area contributed by atoms with E-state index in [1.807, 2.05) is 6.92 Å². The van der Waals surface area contributed by atoms with Crippen LogP contribution in [-0.4, -0.2) is 39.9 Å². The smallest absolute Gasteiger partial charge is 0.221 e. The third-order valence-corrected chi connectivity index (χ3v) is 2.55. The summed E-state index contributed by atoms with van der Waals surface area (Å²) in [6, 6.07) is 0. The molecule has 4 nitrogen and oxygen atoms in total. The number of hydrogen-bond donors (Lipinski definition) is 2. The van der Waals surface area contributed by atoms with Crippen molar-refractivity contribution >= 4 is 16.7 Å². The summed E-state index contributed by atoms with van der Waals surface area (Å²) in [4.78, 5) is 11.1. The summed E-state index contributed by atoms with van der Waals surface area (Å²) in [6.45, 7) is 2.27. The Morgan fingerprint density at radius 3 is 2.71 bits per heavy atom. The fourth-order valence-electron chi connectivity index (χ4n) is 0.992. The molecule has 0 rings (SSSR count). The molecule has 0 spiro atoms.